The van der Waals surface area contributed by atoms with Gasteiger partial charge in [-0.1, -0.05) is 12.1 Å². The molecule has 2 aromatic carbocycles. The number of hydrogen-bond acceptors (Lipinski definition) is 6. The van der Waals surface area contributed by atoms with Gasteiger partial charge < -0.3 is 24.2 Å². The number of amides is 1. The first-order chi connectivity index (χ1) is 15.9. The number of aliphatic hydroxyl groups is 1. The Bertz CT molecular complexity index is 1090. The van der Waals surface area contributed by atoms with Crippen LogP contribution in [-0.4, -0.2) is 54.7 Å². The Kier molecular flexibility index (Phi) is 7.05. The second kappa shape index (κ2) is 9.97. The zero-order chi connectivity index (χ0) is 23.5. The summed E-state index contributed by atoms with van der Waals surface area (Å²) in [7, 11) is 1.54. The van der Waals surface area contributed by atoms with Gasteiger partial charge in [-0.25, -0.2) is 0 Å². The molecule has 0 aliphatic carbocycles. The van der Waals surface area contributed by atoms with Crippen LogP contribution < -0.4 is 9.47 Å². The van der Waals surface area contributed by atoms with E-state index >= 15 is 0 Å². The normalized spacial score (nSPS) is 22.1. The summed E-state index contributed by atoms with van der Waals surface area (Å²) in [6.07, 6.45) is 1.59. The lowest BCUT2D eigenvalue weighted by Gasteiger charge is -2.27. The minimum Gasteiger partial charge on any atom is -0.507 e. The first kappa shape index (κ1) is 23.3. The van der Waals surface area contributed by atoms with Crippen molar-refractivity contribution >= 4 is 33.4 Å². The number of ketones is 1. The number of nitrogens with zero attached hydrogens (tertiary/aromatic N) is 1. The molecule has 2 atom stereocenters. The van der Waals surface area contributed by atoms with E-state index < -0.39 is 17.7 Å². The van der Waals surface area contributed by atoms with Gasteiger partial charge in [-0.3, -0.25) is 9.59 Å². The van der Waals surface area contributed by atoms with Gasteiger partial charge in [-0.15, -0.1) is 0 Å². The molecule has 0 spiro atoms. The number of Topliss-reactive ketones (excluding diaryl/α,β-unsaturated/α-hetero) is 1. The summed E-state index contributed by atoms with van der Waals surface area (Å²) in [5.74, 6) is -0.384. The fourth-order valence-corrected chi connectivity index (χ4v) is 4.87. The minimum absolute atomic E-state index is 0.0451. The standard InChI is InChI=1S/C25H26BrNO6/c1-3-32-17-7-4-6-15(12-17)22-21(23(28)16-9-10-20(31-2)19(26)13-16)24(29)25(30)27(22)14-18-8-5-11-33-18/h4,6-7,9-10,12-13,18,22,28H,3,5,8,11,14H2,1-2H3/b23-21+. The van der Waals surface area contributed by atoms with Crippen LogP contribution in [0.3, 0.4) is 0 Å². The zero-order valence-corrected chi connectivity index (χ0v) is 20.1. The molecule has 2 saturated heterocycles. The predicted molar refractivity (Wildman–Crippen MR) is 126 cm³/mol. The smallest absolute Gasteiger partial charge is 0.295 e. The highest BCUT2D eigenvalue weighted by atomic mass is 79.9. The summed E-state index contributed by atoms with van der Waals surface area (Å²) in [6, 6.07) is 11.5. The highest BCUT2D eigenvalue weighted by molar-refractivity contribution is 9.10. The van der Waals surface area contributed by atoms with Crippen LogP contribution in [-0.2, 0) is 14.3 Å². The van der Waals surface area contributed by atoms with Gasteiger partial charge in [0.05, 0.1) is 35.9 Å². The molecule has 2 aliphatic rings. The average molecular weight is 516 g/mol. The van der Waals surface area contributed by atoms with Crippen molar-refractivity contribution in [2.24, 2.45) is 0 Å². The molecule has 174 valence electrons. The Morgan fingerprint density at radius 2 is 2.06 bits per heavy atom. The second-order valence-corrected chi connectivity index (χ2v) is 8.80. The molecule has 2 unspecified atom stereocenters. The Morgan fingerprint density at radius 1 is 1.24 bits per heavy atom. The van der Waals surface area contributed by atoms with Crippen LogP contribution in [0.4, 0.5) is 0 Å². The van der Waals surface area contributed by atoms with E-state index in [0.717, 1.165) is 12.8 Å². The first-order valence-electron chi connectivity index (χ1n) is 10.9. The maximum atomic E-state index is 13.2. The molecule has 2 aliphatic heterocycles. The van der Waals surface area contributed by atoms with E-state index in [0.29, 0.717) is 40.3 Å². The molecule has 8 heteroatoms. The number of ether oxygens (including phenoxy) is 3. The molecule has 0 bridgehead atoms. The van der Waals surface area contributed by atoms with E-state index in [9.17, 15) is 14.7 Å². The number of carbonyl (C=O) groups excluding carboxylic acids is 2. The average Bonchev–Trinajstić information content (AvgIpc) is 3.41. The third-order valence-electron chi connectivity index (χ3n) is 5.87. The van der Waals surface area contributed by atoms with E-state index in [1.165, 1.54) is 4.90 Å². The largest absolute Gasteiger partial charge is 0.507 e. The van der Waals surface area contributed by atoms with Crippen LogP contribution in [0.5, 0.6) is 11.5 Å². The van der Waals surface area contributed by atoms with Crippen LogP contribution >= 0.6 is 15.9 Å². The minimum atomic E-state index is -0.754. The predicted octanol–water partition coefficient (Wildman–Crippen LogP) is 4.46. The number of hydrogen-bond donors (Lipinski definition) is 1. The SMILES string of the molecule is CCOc1cccc(C2/C(=C(\O)c3ccc(OC)c(Br)c3)C(=O)C(=O)N2CC2CCCO2)c1. The number of aliphatic hydroxyl groups excluding tert-OH is 1. The highest BCUT2D eigenvalue weighted by Gasteiger charge is 2.47. The molecule has 1 amide bonds. The number of halogens is 1. The van der Waals surface area contributed by atoms with Crippen molar-refractivity contribution < 1.29 is 28.9 Å². The van der Waals surface area contributed by atoms with E-state index in [2.05, 4.69) is 15.9 Å². The number of rotatable bonds is 7. The monoisotopic (exact) mass is 515 g/mol. The van der Waals surface area contributed by atoms with Gasteiger partial charge in [0.2, 0.25) is 0 Å². The fourth-order valence-electron chi connectivity index (χ4n) is 4.33. The fraction of sp³-hybridized carbons (Fsp3) is 0.360. The third-order valence-corrected chi connectivity index (χ3v) is 6.49. The van der Waals surface area contributed by atoms with Crippen molar-refractivity contribution in [3.05, 3.63) is 63.6 Å². The molecular formula is C25H26BrNO6. The van der Waals surface area contributed by atoms with Crippen molar-refractivity contribution in [3.8, 4) is 11.5 Å². The Labute approximate surface area is 201 Å². The Balaban J connectivity index is 1.83. The van der Waals surface area contributed by atoms with Crippen LogP contribution in [0.1, 0.15) is 36.9 Å². The van der Waals surface area contributed by atoms with Crippen LogP contribution in [0, 0.1) is 0 Å². The second-order valence-electron chi connectivity index (χ2n) is 7.94. The third kappa shape index (κ3) is 4.63. The summed E-state index contributed by atoms with van der Waals surface area (Å²) in [5.41, 5.74) is 1.14. The van der Waals surface area contributed by atoms with Crippen molar-refractivity contribution in [2.75, 3.05) is 26.9 Å². The van der Waals surface area contributed by atoms with Crippen molar-refractivity contribution in [1.82, 2.24) is 4.90 Å². The van der Waals surface area contributed by atoms with Gasteiger partial charge in [-0.05, 0) is 71.6 Å². The Morgan fingerprint density at radius 3 is 2.73 bits per heavy atom. The van der Waals surface area contributed by atoms with Gasteiger partial charge >= 0.3 is 0 Å². The van der Waals surface area contributed by atoms with E-state index in [4.69, 9.17) is 14.2 Å². The van der Waals surface area contributed by atoms with Crippen LogP contribution in [0.15, 0.2) is 52.5 Å². The van der Waals surface area contributed by atoms with Gasteiger partial charge in [0.15, 0.2) is 0 Å². The van der Waals surface area contributed by atoms with Gasteiger partial charge in [0, 0.05) is 18.7 Å². The number of carbonyl (C=O) groups is 2. The van der Waals surface area contributed by atoms with Gasteiger partial charge in [-0.2, -0.15) is 0 Å². The lowest BCUT2D eigenvalue weighted by molar-refractivity contribution is -0.140. The molecule has 4 rings (SSSR count). The molecule has 0 saturated carbocycles. The topological polar surface area (TPSA) is 85.3 Å². The maximum absolute atomic E-state index is 13.2. The van der Waals surface area contributed by atoms with Gasteiger partial charge in [0.1, 0.15) is 17.3 Å². The molecule has 33 heavy (non-hydrogen) atoms. The van der Waals surface area contributed by atoms with E-state index in [1.807, 2.05) is 25.1 Å². The summed E-state index contributed by atoms with van der Waals surface area (Å²) in [5, 5.41) is 11.2. The lowest BCUT2D eigenvalue weighted by atomic mass is 9.95. The van der Waals surface area contributed by atoms with Gasteiger partial charge in [0.25, 0.3) is 11.7 Å². The van der Waals surface area contributed by atoms with Crippen molar-refractivity contribution in [2.45, 2.75) is 31.9 Å². The zero-order valence-electron chi connectivity index (χ0n) is 18.5. The van der Waals surface area contributed by atoms with E-state index in [1.54, 1.807) is 31.4 Å². The number of benzene rings is 2. The summed E-state index contributed by atoms with van der Waals surface area (Å²) in [4.78, 5) is 27.8. The lowest BCUT2D eigenvalue weighted by Crippen LogP contribution is -2.36. The number of likely N-dealkylation sites (tertiary alicyclic amines) is 1. The summed E-state index contributed by atoms with van der Waals surface area (Å²) < 4.78 is 17.3. The molecule has 2 fully saturated rings. The van der Waals surface area contributed by atoms with Crippen molar-refractivity contribution in [1.29, 1.82) is 0 Å². The Hall–Kier alpha value is -2.84. The molecule has 2 aromatic rings. The molecule has 0 radical (unpaired) electrons. The van der Waals surface area contributed by atoms with Crippen molar-refractivity contribution in [3.63, 3.8) is 0 Å². The first-order valence-corrected chi connectivity index (χ1v) is 11.7. The summed E-state index contributed by atoms with van der Waals surface area (Å²) >= 11 is 3.41. The molecule has 7 nitrogen and oxygen atoms in total. The van der Waals surface area contributed by atoms with Crippen LogP contribution in [0.25, 0.3) is 5.76 Å². The molecule has 2 heterocycles. The molecular weight excluding hydrogens is 490 g/mol. The van der Waals surface area contributed by atoms with Crippen LogP contribution in [0.2, 0.25) is 0 Å². The number of methoxy groups -OCH3 is 1. The molecule has 0 aromatic heterocycles. The maximum Gasteiger partial charge on any atom is 0.295 e. The van der Waals surface area contributed by atoms with E-state index in [-0.39, 0.29) is 24.0 Å². The molecule has 1 N–H and O–H groups in total. The highest BCUT2D eigenvalue weighted by Crippen LogP contribution is 2.41. The quantitative estimate of drug-likeness (QED) is 0.333. The summed E-state index contributed by atoms with van der Waals surface area (Å²) in [6.45, 7) is 3.29.